The zero-order valence-corrected chi connectivity index (χ0v) is 12.0. The maximum Gasteiger partial charge on any atom is 0.259 e. The summed E-state index contributed by atoms with van der Waals surface area (Å²) in [6.07, 6.45) is 4.11. The SMILES string of the molecule is CC1Cc2ccccc2N(C(=O)c2ccncc2Cl)C1. The van der Waals surface area contributed by atoms with Gasteiger partial charge >= 0.3 is 0 Å². The van der Waals surface area contributed by atoms with Gasteiger partial charge in [0.2, 0.25) is 0 Å². The monoisotopic (exact) mass is 286 g/mol. The molecule has 1 unspecified atom stereocenters. The van der Waals surface area contributed by atoms with E-state index in [9.17, 15) is 4.79 Å². The van der Waals surface area contributed by atoms with Gasteiger partial charge in [-0.3, -0.25) is 9.78 Å². The zero-order chi connectivity index (χ0) is 14.1. The molecule has 0 spiro atoms. The molecule has 20 heavy (non-hydrogen) atoms. The van der Waals surface area contributed by atoms with Crippen LogP contribution in [0.15, 0.2) is 42.7 Å². The fourth-order valence-electron chi connectivity index (χ4n) is 2.68. The second kappa shape index (κ2) is 5.25. The van der Waals surface area contributed by atoms with Crippen molar-refractivity contribution in [3.8, 4) is 0 Å². The van der Waals surface area contributed by atoms with Crippen molar-refractivity contribution in [1.29, 1.82) is 0 Å². The number of aromatic nitrogens is 1. The molecule has 1 aromatic heterocycles. The van der Waals surface area contributed by atoms with Crippen LogP contribution in [0, 0.1) is 5.92 Å². The number of benzene rings is 1. The number of carbonyl (C=O) groups is 1. The number of para-hydroxylation sites is 1. The number of amides is 1. The average molecular weight is 287 g/mol. The van der Waals surface area contributed by atoms with Crippen LogP contribution in [-0.2, 0) is 6.42 Å². The Hall–Kier alpha value is -1.87. The molecule has 3 nitrogen and oxygen atoms in total. The highest BCUT2D eigenvalue weighted by molar-refractivity contribution is 6.34. The number of halogens is 1. The molecule has 1 atom stereocenters. The van der Waals surface area contributed by atoms with E-state index in [1.165, 1.54) is 11.8 Å². The quantitative estimate of drug-likeness (QED) is 0.803. The Balaban J connectivity index is 2.02. The smallest absolute Gasteiger partial charge is 0.259 e. The lowest BCUT2D eigenvalue weighted by molar-refractivity contribution is 0.0981. The second-order valence-electron chi connectivity index (χ2n) is 5.21. The lowest BCUT2D eigenvalue weighted by Gasteiger charge is -2.33. The number of anilines is 1. The third-order valence-corrected chi connectivity index (χ3v) is 3.89. The maximum atomic E-state index is 12.7. The van der Waals surface area contributed by atoms with E-state index in [4.69, 9.17) is 11.6 Å². The zero-order valence-electron chi connectivity index (χ0n) is 11.2. The normalized spacial score (nSPS) is 17.7. The van der Waals surface area contributed by atoms with E-state index in [2.05, 4.69) is 18.0 Å². The van der Waals surface area contributed by atoms with Crippen molar-refractivity contribution >= 4 is 23.2 Å². The van der Waals surface area contributed by atoms with Gasteiger partial charge in [-0.1, -0.05) is 36.7 Å². The van der Waals surface area contributed by atoms with Gasteiger partial charge in [0.15, 0.2) is 0 Å². The lowest BCUT2D eigenvalue weighted by Crippen LogP contribution is -2.39. The van der Waals surface area contributed by atoms with Crippen LogP contribution in [0.1, 0.15) is 22.8 Å². The van der Waals surface area contributed by atoms with Crippen LogP contribution in [-0.4, -0.2) is 17.4 Å². The minimum Gasteiger partial charge on any atom is -0.308 e. The van der Waals surface area contributed by atoms with Gasteiger partial charge in [0.05, 0.1) is 10.6 Å². The minimum atomic E-state index is -0.0589. The third kappa shape index (κ3) is 2.29. The molecular weight excluding hydrogens is 272 g/mol. The van der Waals surface area contributed by atoms with Crippen LogP contribution in [0.25, 0.3) is 0 Å². The van der Waals surface area contributed by atoms with Crippen LogP contribution >= 0.6 is 11.6 Å². The van der Waals surface area contributed by atoms with Crippen molar-refractivity contribution in [1.82, 2.24) is 4.98 Å². The molecule has 102 valence electrons. The fraction of sp³-hybridized carbons (Fsp3) is 0.250. The molecule has 4 heteroatoms. The molecule has 0 saturated heterocycles. The molecule has 0 N–H and O–H groups in total. The predicted octanol–water partition coefficient (Wildman–Crippen LogP) is 3.57. The minimum absolute atomic E-state index is 0.0589. The van der Waals surface area contributed by atoms with Gasteiger partial charge in [0.1, 0.15) is 0 Å². The molecule has 0 fully saturated rings. The lowest BCUT2D eigenvalue weighted by atomic mass is 9.93. The molecule has 1 amide bonds. The van der Waals surface area contributed by atoms with E-state index in [1.807, 2.05) is 23.1 Å². The Kier molecular flexibility index (Phi) is 3.45. The first-order valence-electron chi connectivity index (χ1n) is 6.66. The molecule has 1 aliphatic heterocycles. The number of rotatable bonds is 1. The first-order valence-corrected chi connectivity index (χ1v) is 7.04. The summed E-state index contributed by atoms with van der Waals surface area (Å²) in [7, 11) is 0. The summed E-state index contributed by atoms with van der Waals surface area (Å²) in [6.45, 7) is 2.87. The standard InChI is InChI=1S/C16H15ClN2O/c1-11-8-12-4-2-3-5-15(12)19(10-11)16(20)13-6-7-18-9-14(13)17/h2-7,9,11H,8,10H2,1H3. The van der Waals surface area contributed by atoms with Crippen LogP contribution in [0.5, 0.6) is 0 Å². The van der Waals surface area contributed by atoms with Crippen molar-refractivity contribution in [2.45, 2.75) is 13.3 Å². The summed E-state index contributed by atoms with van der Waals surface area (Å²) >= 11 is 6.09. The Morgan fingerprint density at radius 3 is 2.95 bits per heavy atom. The molecule has 2 aromatic rings. The molecule has 1 aliphatic rings. The van der Waals surface area contributed by atoms with Crippen LogP contribution in [0.4, 0.5) is 5.69 Å². The number of fused-ring (bicyclic) bond motifs is 1. The molecule has 0 bridgehead atoms. The van der Waals surface area contributed by atoms with Crippen molar-refractivity contribution in [2.75, 3.05) is 11.4 Å². The number of carbonyl (C=O) groups excluding carboxylic acids is 1. The number of hydrogen-bond acceptors (Lipinski definition) is 2. The summed E-state index contributed by atoms with van der Waals surface area (Å²) in [5, 5.41) is 0.396. The molecule has 0 radical (unpaired) electrons. The van der Waals surface area contributed by atoms with Gasteiger partial charge in [-0.15, -0.1) is 0 Å². The largest absolute Gasteiger partial charge is 0.308 e. The van der Waals surface area contributed by atoms with Crippen LogP contribution < -0.4 is 4.90 Å². The predicted molar refractivity (Wildman–Crippen MR) is 80.2 cm³/mol. The Morgan fingerprint density at radius 1 is 1.35 bits per heavy atom. The van der Waals surface area contributed by atoms with Gasteiger partial charge in [-0.2, -0.15) is 0 Å². The topological polar surface area (TPSA) is 33.2 Å². The van der Waals surface area contributed by atoms with Crippen molar-refractivity contribution in [3.05, 3.63) is 58.9 Å². The highest BCUT2D eigenvalue weighted by atomic mass is 35.5. The summed E-state index contributed by atoms with van der Waals surface area (Å²) in [5.74, 6) is 0.380. The second-order valence-corrected chi connectivity index (χ2v) is 5.62. The van der Waals surface area contributed by atoms with Crippen molar-refractivity contribution < 1.29 is 4.79 Å². The summed E-state index contributed by atoms with van der Waals surface area (Å²) < 4.78 is 0. The fourth-order valence-corrected chi connectivity index (χ4v) is 2.88. The first kappa shape index (κ1) is 13.1. The molecule has 0 aliphatic carbocycles. The maximum absolute atomic E-state index is 12.7. The van der Waals surface area contributed by atoms with Crippen LogP contribution in [0.3, 0.4) is 0 Å². The highest BCUT2D eigenvalue weighted by Gasteiger charge is 2.27. The molecule has 0 saturated carbocycles. The summed E-state index contributed by atoms with van der Waals surface area (Å²) in [4.78, 5) is 18.5. The Labute approximate surface area is 123 Å². The van der Waals surface area contributed by atoms with Gasteiger partial charge in [0, 0.05) is 24.6 Å². The van der Waals surface area contributed by atoms with Crippen molar-refractivity contribution in [2.24, 2.45) is 5.92 Å². The average Bonchev–Trinajstić information content (AvgIpc) is 2.46. The molecule has 1 aromatic carbocycles. The van der Waals surface area contributed by atoms with E-state index in [0.717, 1.165) is 12.1 Å². The molecule has 2 heterocycles. The van der Waals surface area contributed by atoms with Crippen LogP contribution in [0.2, 0.25) is 5.02 Å². The Morgan fingerprint density at radius 2 is 2.15 bits per heavy atom. The van der Waals surface area contributed by atoms with E-state index in [-0.39, 0.29) is 5.91 Å². The van der Waals surface area contributed by atoms with Gasteiger partial charge in [-0.25, -0.2) is 0 Å². The summed E-state index contributed by atoms with van der Waals surface area (Å²) in [6, 6.07) is 9.72. The molecule has 3 rings (SSSR count). The van der Waals surface area contributed by atoms with E-state index in [1.54, 1.807) is 12.3 Å². The number of hydrogen-bond donors (Lipinski definition) is 0. The highest BCUT2D eigenvalue weighted by Crippen LogP contribution is 2.31. The first-order chi connectivity index (χ1) is 9.66. The molecular formula is C16H15ClN2O. The van der Waals surface area contributed by atoms with Gasteiger partial charge in [-0.05, 0) is 30.0 Å². The van der Waals surface area contributed by atoms with E-state index in [0.29, 0.717) is 23.0 Å². The third-order valence-electron chi connectivity index (χ3n) is 3.59. The van der Waals surface area contributed by atoms with Gasteiger partial charge < -0.3 is 4.90 Å². The Bertz CT molecular complexity index is 656. The van der Waals surface area contributed by atoms with E-state index >= 15 is 0 Å². The van der Waals surface area contributed by atoms with Gasteiger partial charge in [0.25, 0.3) is 5.91 Å². The van der Waals surface area contributed by atoms with E-state index < -0.39 is 0 Å². The number of nitrogens with zero attached hydrogens (tertiary/aromatic N) is 2. The summed E-state index contributed by atoms with van der Waals surface area (Å²) in [5.41, 5.74) is 2.71. The number of pyridine rings is 1. The van der Waals surface area contributed by atoms with Crippen molar-refractivity contribution in [3.63, 3.8) is 0 Å².